The summed E-state index contributed by atoms with van der Waals surface area (Å²) in [7, 11) is 1.42. The standard InChI is InChI=1S/C24H21ClN2O6/c1-31-20-12-19(33-27-20)22(28)21-16-10-15(17(25)11-18(16)26-23(21)29)13-2-4-14(5-3-13)24(30)6-8-32-9-7-24/h2-5,10-12,28,30H,6-9H2,1H3,(H,26,29). The molecule has 8 nitrogen and oxygen atoms in total. The minimum absolute atomic E-state index is 0.00964. The number of carbonyl (C=O) groups excluding carboxylic acids is 1. The summed E-state index contributed by atoms with van der Waals surface area (Å²) in [6.45, 7) is 1.04. The number of methoxy groups -OCH3 is 1. The van der Waals surface area contributed by atoms with Gasteiger partial charge < -0.3 is 29.5 Å². The van der Waals surface area contributed by atoms with Gasteiger partial charge in [-0.3, -0.25) is 4.79 Å². The van der Waals surface area contributed by atoms with Crippen molar-refractivity contribution in [2.24, 2.45) is 0 Å². The van der Waals surface area contributed by atoms with E-state index in [9.17, 15) is 15.0 Å². The van der Waals surface area contributed by atoms with E-state index in [-0.39, 0.29) is 23.0 Å². The maximum atomic E-state index is 12.6. The third kappa shape index (κ3) is 3.76. The number of amides is 1. The van der Waals surface area contributed by atoms with E-state index in [1.807, 2.05) is 24.3 Å². The number of carbonyl (C=O) groups is 1. The first-order valence-corrected chi connectivity index (χ1v) is 10.8. The third-order valence-electron chi connectivity index (χ3n) is 6.07. The lowest BCUT2D eigenvalue weighted by Gasteiger charge is -2.32. The van der Waals surface area contributed by atoms with Gasteiger partial charge in [0.25, 0.3) is 11.8 Å². The molecule has 1 fully saturated rings. The van der Waals surface area contributed by atoms with Gasteiger partial charge in [-0.2, -0.15) is 0 Å². The quantitative estimate of drug-likeness (QED) is 0.384. The van der Waals surface area contributed by atoms with E-state index in [1.54, 1.807) is 12.1 Å². The number of anilines is 1. The van der Waals surface area contributed by atoms with E-state index < -0.39 is 11.5 Å². The summed E-state index contributed by atoms with van der Waals surface area (Å²) in [6.07, 6.45) is 1.08. The molecular weight excluding hydrogens is 448 g/mol. The molecule has 3 heterocycles. The van der Waals surface area contributed by atoms with Crippen LogP contribution in [0.3, 0.4) is 0 Å². The van der Waals surface area contributed by atoms with Crippen molar-refractivity contribution >= 4 is 34.5 Å². The van der Waals surface area contributed by atoms with Crippen LogP contribution in [0.15, 0.2) is 47.0 Å². The number of aliphatic hydroxyl groups is 2. The first kappa shape index (κ1) is 21.5. The molecule has 2 aromatic carbocycles. The van der Waals surface area contributed by atoms with Crippen LogP contribution in [0.5, 0.6) is 5.88 Å². The molecule has 1 saturated heterocycles. The van der Waals surface area contributed by atoms with Crippen LogP contribution in [0.4, 0.5) is 5.69 Å². The van der Waals surface area contributed by atoms with Crippen LogP contribution < -0.4 is 10.1 Å². The number of aromatic nitrogens is 1. The molecule has 2 aliphatic heterocycles. The SMILES string of the molecule is COc1cc(C(O)=C2C(=O)Nc3cc(Cl)c(-c4ccc(C5(O)CCOCC5)cc4)cc32)on1. The maximum absolute atomic E-state index is 12.6. The lowest BCUT2D eigenvalue weighted by atomic mass is 9.85. The van der Waals surface area contributed by atoms with E-state index in [0.29, 0.717) is 47.9 Å². The summed E-state index contributed by atoms with van der Waals surface area (Å²) >= 11 is 6.53. The van der Waals surface area contributed by atoms with Gasteiger partial charge in [-0.25, -0.2) is 0 Å². The first-order valence-electron chi connectivity index (χ1n) is 10.4. The predicted octanol–water partition coefficient (Wildman–Crippen LogP) is 4.38. The summed E-state index contributed by atoms with van der Waals surface area (Å²) in [6, 6.07) is 12.3. The fourth-order valence-electron chi connectivity index (χ4n) is 4.19. The Morgan fingerprint density at radius 2 is 1.88 bits per heavy atom. The number of rotatable bonds is 4. The van der Waals surface area contributed by atoms with E-state index in [0.717, 1.165) is 11.1 Å². The van der Waals surface area contributed by atoms with Crippen LogP contribution in [0.25, 0.3) is 22.5 Å². The van der Waals surface area contributed by atoms with E-state index >= 15 is 0 Å². The van der Waals surface area contributed by atoms with Gasteiger partial charge in [0.15, 0.2) is 5.76 Å². The topological polar surface area (TPSA) is 114 Å². The third-order valence-corrected chi connectivity index (χ3v) is 6.39. The van der Waals surface area contributed by atoms with Gasteiger partial charge in [0.2, 0.25) is 5.76 Å². The highest BCUT2D eigenvalue weighted by Gasteiger charge is 2.33. The molecule has 9 heteroatoms. The summed E-state index contributed by atoms with van der Waals surface area (Å²) in [5.74, 6) is -0.648. The van der Waals surface area contributed by atoms with Crippen LogP contribution in [0.2, 0.25) is 5.02 Å². The Bertz CT molecular complexity index is 1260. The molecule has 1 aromatic heterocycles. The molecule has 0 saturated carbocycles. The number of fused-ring (bicyclic) bond motifs is 1. The molecule has 3 aromatic rings. The van der Waals surface area contributed by atoms with Gasteiger partial charge in [0, 0.05) is 37.2 Å². The summed E-state index contributed by atoms with van der Waals surface area (Å²) in [5, 5.41) is 28.5. The molecule has 0 bridgehead atoms. The predicted molar refractivity (Wildman–Crippen MR) is 122 cm³/mol. The van der Waals surface area contributed by atoms with E-state index in [2.05, 4.69) is 10.5 Å². The number of nitrogens with one attached hydrogen (secondary N) is 1. The molecule has 0 unspecified atom stereocenters. The van der Waals surface area contributed by atoms with Crippen LogP contribution >= 0.6 is 11.6 Å². The highest BCUT2D eigenvalue weighted by atomic mass is 35.5. The van der Waals surface area contributed by atoms with Crippen LogP contribution in [-0.4, -0.2) is 41.6 Å². The smallest absolute Gasteiger partial charge is 0.260 e. The monoisotopic (exact) mass is 468 g/mol. The number of hydrogen-bond donors (Lipinski definition) is 3. The summed E-state index contributed by atoms with van der Waals surface area (Å²) < 4.78 is 15.4. The molecule has 33 heavy (non-hydrogen) atoms. The molecule has 5 rings (SSSR count). The molecule has 3 N–H and O–H groups in total. The van der Waals surface area contributed by atoms with Crippen molar-refractivity contribution in [3.8, 4) is 17.0 Å². The Morgan fingerprint density at radius 3 is 2.55 bits per heavy atom. The van der Waals surface area contributed by atoms with Crippen molar-refractivity contribution in [1.29, 1.82) is 0 Å². The van der Waals surface area contributed by atoms with Crippen molar-refractivity contribution < 1.29 is 29.0 Å². The highest BCUT2D eigenvalue weighted by Crippen LogP contribution is 2.42. The van der Waals surface area contributed by atoms with Gasteiger partial charge in [-0.1, -0.05) is 35.9 Å². The van der Waals surface area contributed by atoms with Gasteiger partial charge >= 0.3 is 0 Å². The van der Waals surface area contributed by atoms with Crippen molar-refractivity contribution in [3.05, 3.63) is 64.4 Å². The second kappa shape index (κ2) is 8.22. The zero-order valence-electron chi connectivity index (χ0n) is 17.7. The number of aliphatic hydroxyl groups excluding tert-OH is 1. The minimum Gasteiger partial charge on any atom is -0.504 e. The van der Waals surface area contributed by atoms with Crippen LogP contribution in [0.1, 0.15) is 29.7 Å². The van der Waals surface area contributed by atoms with Gasteiger partial charge in [0.1, 0.15) is 0 Å². The number of nitrogens with zero attached hydrogens (tertiary/aromatic N) is 1. The Morgan fingerprint density at radius 1 is 1.15 bits per heavy atom. The van der Waals surface area contributed by atoms with E-state index in [1.165, 1.54) is 13.2 Å². The molecule has 1 amide bonds. The number of ether oxygens (including phenoxy) is 2. The molecule has 0 atom stereocenters. The van der Waals surface area contributed by atoms with Crippen molar-refractivity contribution in [3.63, 3.8) is 0 Å². The average molecular weight is 469 g/mol. The number of halogens is 1. The fraction of sp³-hybridized carbons (Fsp3) is 0.250. The number of hydrogen-bond acceptors (Lipinski definition) is 7. The second-order valence-corrected chi connectivity index (χ2v) is 8.42. The summed E-state index contributed by atoms with van der Waals surface area (Å²) in [4.78, 5) is 12.6. The zero-order chi connectivity index (χ0) is 23.2. The van der Waals surface area contributed by atoms with Crippen molar-refractivity contribution in [2.45, 2.75) is 18.4 Å². The highest BCUT2D eigenvalue weighted by molar-refractivity contribution is 6.38. The molecule has 2 aliphatic rings. The minimum atomic E-state index is -0.908. The zero-order valence-corrected chi connectivity index (χ0v) is 18.5. The van der Waals surface area contributed by atoms with Crippen molar-refractivity contribution in [1.82, 2.24) is 5.16 Å². The second-order valence-electron chi connectivity index (χ2n) is 8.01. The largest absolute Gasteiger partial charge is 0.504 e. The Labute approximate surface area is 194 Å². The fourth-order valence-corrected chi connectivity index (χ4v) is 4.47. The summed E-state index contributed by atoms with van der Waals surface area (Å²) in [5.41, 5.74) is 2.42. The first-order chi connectivity index (χ1) is 15.9. The lowest BCUT2D eigenvalue weighted by Crippen LogP contribution is -2.33. The Balaban J connectivity index is 1.54. The molecule has 0 aliphatic carbocycles. The van der Waals surface area contributed by atoms with Crippen LogP contribution in [-0.2, 0) is 15.1 Å². The molecule has 170 valence electrons. The van der Waals surface area contributed by atoms with Gasteiger partial charge in [-0.15, -0.1) is 0 Å². The van der Waals surface area contributed by atoms with Gasteiger partial charge in [0.05, 0.1) is 35.1 Å². The Hall–Kier alpha value is -3.33. The molecular formula is C24H21ClN2O6. The average Bonchev–Trinajstić information content (AvgIpc) is 3.42. The van der Waals surface area contributed by atoms with Crippen LogP contribution in [0, 0.1) is 0 Å². The Kier molecular flexibility index (Phi) is 5.36. The lowest BCUT2D eigenvalue weighted by molar-refractivity contribution is -0.110. The van der Waals surface area contributed by atoms with E-state index in [4.69, 9.17) is 25.6 Å². The molecule has 0 radical (unpaired) electrons. The normalized spacial score (nSPS) is 18.6. The number of benzene rings is 2. The molecule has 0 spiro atoms. The van der Waals surface area contributed by atoms with Gasteiger partial charge in [-0.05, 0) is 28.4 Å². The van der Waals surface area contributed by atoms with Crippen molar-refractivity contribution in [2.75, 3.05) is 25.6 Å². The maximum Gasteiger partial charge on any atom is 0.260 e.